The number of nitrogens with two attached hydrogens (primary N) is 1. The van der Waals surface area contributed by atoms with Crippen molar-refractivity contribution in [3.8, 4) is 5.75 Å². The first-order valence-electron chi connectivity index (χ1n) is 6.60. The summed E-state index contributed by atoms with van der Waals surface area (Å²) in [5.41, 5.74) is 5.86. The number of carbonyl (C=O) groups excluding carboxylic acids is 1. The molecule has 0 radical (unpaired) electrons. The standard InChI is InChI=1S/C14H18BrFN2O2/c1-9-6-11(17)4-5-18(9)14(19)8-20-13-3-2-10(15)7-12(13)16/h2-3,7,9,11H,4-6,8,17H2,1H3/t9-,11-/m0/s1. The highest BCUT2D eigenvalue weighted by molar-refractivity contribution is 9.10. The molecule has 1 amide bonds. The molecule has 0 spiro atoms. The topological polar surface area (TPSA) is 55.6 Å². The van der Waals surface area contributed by atoms with Crippen LogP contribution in [-0.2, 0) is 4.79 Å². The summed E-state index contributed by atoms with van der Waals surface area (Å²) < 4.78 is 19.5. The molecule has 1 saturated heterocycles. The monoisotopic (exact) mass is 344 g/mol. The van der Waals surface area contributed by atoms with Crippen LogP contribution in [0.15, 0.2) is 22.7 Å². The Morgan fingerprint density at radius 1 is 1.60 bits per heavy atom. The van der Waals surface area contributed by atoms with E-state index in [4.69, 9.17) is 10.5 Å². The molecule has 1 aliphatic rings. The van der Waals surface area contributed by atoms with Crippen molar-refractivity contribution in [3.63, 3.8) is 0 Å². The van der Waals surface area contributed by atoms with Crippen LogP contribution in [0.1, 0.15) is 19.8 Å². The predicted molar refractivity (Wildman–Crippen MR) is 78.0 cm³/mol. The Labute approximate surface area is 126 Å². The number of amides is 1. The van der Waals surface area contributed by atoms with Gasteiger partial charge in [0.25, 0.3) is 5.91 Å². The van der Waals surface area contributed by atoms with E-state index in [0.717, 1.165) is 12.8 Å². The van der Waals surface area contributed by atoms with E-state index in [1.807, 2.05) is 6.92 Å². The number of benzene rings is 1. The van der Waals surface area contributed by atoms with Gasteiger partial charge in [-0.15, -0.1) is 0 Å². The minimum atomic E-state index is -0.485. The van der Waals surface area contributed by atoms with E-state index in [9.17, 15) is 9.18 Å². The third-order valence-corrected chi connectivity index (χ3v) is 3.98. The molecule has 110 valence electrons. The van der Waals surface area contributed by atoms with Gasteiger partial charge in [0.05, 0.1) is 0 Å². The largest absolute Gasteiger partial charge is 0.481 e. The molecular formula is C14H18BrFN2O2. The lowest BCUT2D eigenvalue weighted by molar-refractivity contribution is -0.136. The highest BCUT2D eigenvalue weighted by Gasteiger charge is 2.27. The first-order valence-corrected chi connectivity index (χ1v) is 7.39. The van der Waals surface area contributed by atoms with Crippen molar-refractivity contribution in [1.29, 1.82) is 0 Å². The summed E-state index contributed by atoms with van der Waals surface area (Å²) in [6, 6.07) is 4.74. The highest BCUT2D eigenvalue weighted by atomic mass is 79.9. The average molecular weight is 345 g/mol. The smallest absolute Gasteiger partial charge is 0.260 e. The van der Waals surface area contributed by atoms with Crippen molar-refractivity contribution in [3.05, 3.63) is 28.5 Å². The summed E-state index contributed by atoms with van der Waals surface area (Å²) in [6.07, 6.45) is 1.58. The summed E-state index contributed by atoms with van der Waals surface area (Å²) >= 11 is 3.17. The van der Waals surface area contributed by atoms with Crippen molar-refractivity contribution < 1.29 is 13.9 Å². The first kappa shape index (κ1) is 15.3. The number of nitrogens with zero attached hydrogens (tertiary/aromatic N) is 1. The second kappa shape index (κ2) is 6.54. The number of halogens is 2. The summed E-state index contributed by atoms with van der Waals surface area (Å²) in [5, 5.41) is 0. The molecule has 0 aliphatic carbocycles. The molecule has 1 aliphatic heterocycles. The molecule has 4 nitrogen and oxygen atoms in total. The third kappa shape index (κ3) is 3.70. The minimum absolute atomic E-state index is 0.0860. The van der Waals surface area contributed by atoms with E-state index in [0.29, 0.717) is 11.0 Å². The van der Waals surface area contributed by atoms with Crippen molar-refractivity contribution >= 4 is 21.8 Å². The molecule has 0 saturated carbocycles. The maximum Gasteiger partial charge on any atom is 0.260 e. The Hall–Kier alpha value is -1.14. The van der Waals surface area contributed by atoms with Crippen LogP contribution < -0.4 is 10.5 Å². The molecule has 1 fully saturated rings. The van der Waals surface area contributed by atoms with Gasteiger partial charge < -0.3 is 15.4 Å². The molecule has 1 aromatic carbocycles. The molecule has 1 heterocycles. The Kier molecular flexibility index (Phi) is 4.99. The van der Waals surface area contributed by atoms with Crippen molar-refractivity contribution in [2.75, 3.05) is 13.2 Å². The molecule has 2 N–H and O–H groups in total. The van der Waals surface area contributed by atoms with Crippen LogP contribution in [-0.4, -0.2) is 36.0 Å². The van der Waals surface area contributed by atoms with E-state index in [2.05, 4.69) is 15.9 Å². The van der Waals surface area contributed by atoms with E-state index < -0.39 is 5.82 Å². The quantitative estimate of drug-likeness (QED) is 0.915. The second-order valence-electron chi connectivity index (χ2n) is 5.08. The molecule has 2 rings (SSSR count). The van der Waals surface area contributed by atoms with Crippen LogP contribution in [0.3, 0.4) is 0 Å². The predicted octanol–water partition coefficient (Wildman–Crippen LogP) is 2.31. The number of ether oxygens (including phenoxy) is 1. The average Bonchev–Trinajstić information content (AvgIpc) is 2.37. The van der Waals surface area contributed by atoms with Crippen LogP contribution in [0, 0.1) is 5.82 Å². The van der Waals surface area contributed by atoms with E-state index in [1.54, 1.807) is 11.0 Å². The van der Waals surface area contributed by atoms with Gasteiger partial charge in [-0.3, -0.25) is 4.79 Å². The molecule has 20 heavy (non-hydrogen) atoms. The van der Waals surface area contributed by atoms with Crippen molar-refractivity contribution in [1.82, 2.24) is 4.90 Å². The van der Waals surface area contributed by atoms with Crippen LogP contribution in [0.5, 0.6) is 5.75 Å². The summed E-state index contributed by atoms with van der Waals surface area (Å²) in [5.74, 6) is -0.532. The molecule has 2 atom stereocenters. The van der Waals surface area contributed by atoms with Gasteiger partial charge in [0, 0.05) is 23.1 Å². The second-order valence-corrected chi connectivity index (χ2v) is 6.00. The Morgan fingerprint density at radius 2 is 2.35 bits per heavy atom. The summed E-state index contributed by atoms with van der Waals surface area (Å²) in [7, 11) is 0. The Bertz CT molecular complexity index is 498. The fourth-order valence-corrected chi connectivity index (χ4v) is 2.73. The zero-order valence-corrected chi connectivity index (χ0v) is 12.9. The van der Waals surface area contributed by atoms with E-state index >= 15 is 0 Å². The van der Waals surface area contributed by atoms with Gasteiger partial charge >= 0.3 is 0 Å². The van der Waals surface area contributed by atoms with Crippen molar-refractivity contribution in [2.45, 2.75) is 31.8 Å². The van der Waals surface area contributed by atoms with Gasteiger partial charge in [-0.25, -0.2) is 4.39 Å². The van der Waals surface area contributed by atoms with Crippen LogP contribution in [0.2, 0.25) is 0 Å². The van der Waals surface area contributed by atoms with Gasteiger partial charge in [-0.1, -0.05) is 15.9 Å². The summed E-state index contributed by atoms with van der Waals surface area (Å²) in [4.78, 5) is 13.8. The molecule has 1 aromatic rings. The third-order valence-electron chi connectivity index (χ3n) is 3.48. The Morgan fingerprint density at radius 3 is 3.00 bits per heavy atom. The van der Waals surface area contributed by atoms with Gasteiger partial charge in [-0.05, 0) is 38.0 Å². The van der Waals surface area contributed by atoms with Gasteiger partial charge in [0.15, 0.2) is 18.2 Å². The van der Waals surface area contributed by atoms with Gasteiger partial charge in [0.2, 0.25) is 0 Å². The van der Waals surface area contributed by atoms with Crippen LogP contribution >= 0.6 is 15.9 Å². The minimum Gasteiger partial charge on any atom is -0.481 e. The highest BCUT2D eigenvalue weighted by Crippen LogP contribution is 2.22. The van der Waals surface area contributed by atoms with E-state index in [-0.39, 0.29) is 30.3 Å². The first-order chi connectivity index (χ1) is 9.47. The lowest BCUT2D eigenvalue weighted by Crippen LogP contribution is -2.49. The molecule has 0 unspecified atom stereocenters. The number of rotatable bonds is 3. The zero-order chi connectivity index (χ0) is 14.7. The number of hydrogen-bond acceptors (Lipinski definition) is 3. The number of likely N-dealkylation sites (tertiary alicyclic amines) is 1. The normalized spacial score (nSPS) is 22.7. The number of carbonyl (C=O) groups is 1. The van der Waals surface area contributed by atoms with Gasteiger partial charge in [-0.2, -0.15) is 0 Å². The molecular weight excluding hydrogens is 327 g/mol. The van der Waals surface area contributed by atoms with E-state index in [1.165, 1.54) is 12.1 Å². The molecule has 6 heteroatoms. The fraction of sp³-hybridized carbons (Fsp3) is 0.500. The lowest BCUT2D eigenvalue weighted by Gasteiger charge is -2.36. The maximum atomic E-state index is 13.6. The SMILES string of the molecule is C[C@H]1C[C@@H](N)CCN1C(=O)COc1ccc(Br)cc1F. The lowest BCUT2D eigenvalue weighted by atomic mass is 9.99. The number of piperidine rings is 1. The molecule has 0 bridgehead atoms. The maximum absolute atomic E-state index is 13.6. The van der Waals surface area contributed by atoms with Crippen LogP contribution in [0.25, 0.3) is 0 Å². The van der Waals surface area contributed by atoms with Crippen molar-refractivity contribution in [2.24, 2.45) is 5.73 Å². The number of hydrogen-bond donors (Lipinski definition) is 1. The van der Waals surface area contributed by atoms with Crippen LogP contribution in [0.4, 0.5) is 4.39 Å². The molecule has 0 aromatic heterocycles. The zero-order valence-electron chi connectivity index (χ0n) is 11.3. The summed E-state index contributed by atoms with van der Waals surface area (Å²) in [6.45, 7) is 2.45. The van der Waals surface area contributed by atoms with Gasteiger partial charge in [0.1, 0.15) is 0 Å². The Balaban J connectivity index is 1.92. The fourth-order valence-electron chi connectivity index (χ4n) is 2.39.